The highest BCUT2D eigenvalue weighted by molar-refractivity contribution is 7.92. The summed E-state index contributed by atoms with van der Waals surface area (Å²) in [5.41, 5.74) is 0.698. The Morgan fingerprint density at radius 3 is 2.04 bits per heavy atom. The predicted molar refractivity (Wildman–Crippen MR) is 102 cm³/mol. The van der Waals surface area contributed by atoms with Crippen molar-refractivity contribution in [3.63, 3.8) is 0 Å². The number of sulfonamides is 1. The Labute approximate surface area is 158 Å². The molecule has 0 bridgehead atoms. The Hall–Kier alpha value is -2.87. The molecule has 0 aliphatic carbocycles. The van der Waals surface area contributed by atoms with Crippen molar-refractivity contribution >= 4 is 27.6 Å². The molecule has 2 rings (SSSR count). The fourth-order valence-corrected chi connectivity index (χ4v) is 3.65. The van der Waals surface area contributed by atoms with E-state index in [9.17, 15) is 18.0 Å². The zero-order valence-corrected chi connectivity index (χ0v) is 16.1. The topological polar surface area (TPSA) is 104 Å². The first-order valence-electron chi connectivity index (χ1n) is 8.32. The summed E-state index contributed by atoms with van der Waals surface area (Å²) in [6.07, 6.45) is 0. The van der Waals surface area contributed by atoms with E-state index >= 15 is 0 Å². The fraction of sp³-hybridized carbons (Fsp3) is 0.263. The van der Waals surface area contributed by atoms with Crippen LogP contribution in [0.3, 0.4) is 0 Å². The molecule has 0 aliphatic rings. The average molecular weight is 390 g/mol. The normalized spacial score (nSPS) is 12.4. The maximum absolute atomic E-state index is 12.7. The zero-order chi connectivity index (χ0) is 20.2. The molecular weight excluding hydrogens is 368 g/mol. The Morgan fingerprint density at radius 2 is 1.56 bits per heavy atom. The van der Waals surface area contributed by atoms with Crippen LogP contribution in [0.5, 0.6) is 0 Å². The lowest BCUT2D eigenvalue weighted by atomic mass is 10.0. The number of nitrogens with zero attached hydrogens (tertiary/aromatic N) is 1. The van der Waals surface area contributed by atoms with E-state index in [1.807, 2.05) is 0 Å². The van der Waals surface area contributed by atoms with Gasteiger partial charge in [0.05, 0.1) is 10.6 Å². The molecule has 2 aromatic carbocycles. The van der Waals surface area contributed by atoms with Crippen LogP contribution in [0.1, 0.15) is 24.2 Å². The molecule has 0 radical (unpaired) electrons. The lowest BCUT2D eigenvalue weighted by molar-refractivity contribution is -0.140. The van der Waals surface area contributed by atoms with Gasteiger partial charge >= 0.3 is 5.97 Å². The second-order valence-electron chi connectivity index (χ2n) is 6.37. The maximum Gasteiger partial charge on any atom is 0.326 e. The Morgan fingerprint density at radius 1 is 1.00 bits per heavy atom. The quantitative estimate of drug-likeness (QED) is 0.755. The maximum atomic E-state index is 12.7. The molecule has 7 nitrogen and oxygen atoms in total. The van der Waals surface area contributed by atoms with E-state index < -0.39 is 27.9 Å². The Bertz CT molecular complexity index is 909. The van der Waals surface area contributed by atoms with Crippen LogP contribution in [0.25, 0.3) is 0 Å². The van der Waals surface area contributed by atoms with Crippen molar-refractivity contribution in [1.82, 2.24) is 5.32 Å². The van der Waals surface area contributed by atoms with E-state index in [4.69, 9.17) is 5.11 Å². The molecule has 27 heavy (non-hydrogen) atoms. The molecule has 2 N–H and O–H groups in total. The first-order valence-corrected chi connectivity index (χ1v) is 9.76. The third-order valence-electron chi connectivity index (χ3n) is 4.11. The average Bonchev–Trinajstić information content (AvgIpc) is 2.65. The van der Waals surface area contributed by atoms with Crippen LogP contribution >= 0.6 is 0 Å². The number of amides is 1. The molecule has 2 aromatic rings. The van der Waals surface area contributed by atoms with Gasteiger partial charge in [0.2, 0.25) is 0 Å². The van der Waals surface area contributed by atoms with Crippen LogP contribution in [0, 0.1) is 5.92 Å². The summed E-state index contributed by atoms with van der Waals surface area (Å²) >= 11 is 0. The number of para-hydroxylation sites is 1. The molecule has 0 fully saturated rings. The summed E-state index contributed by atoms with van der Waals surface area (Å²) in [4.78, 5) is 23.5. The van der Waals surface area contributed by atoms with E-state index in [-0.39, 0.29) is 16.4 Å². The number of anilines is 1. The van der Waals surface area contributed by atoms with Gasteiger partial charge in [0.25, 0.3) is 15.9 Å². The standard InChI is InChI=1S/C19H22N2O5S/c1-13(2)17(19(23)24)20-18(22)14-9-11-16(12-10-14)27(25,26)21(3)15-7-5-4-6-8-15/h4-13,17H,1-3H3,(H,20,22)(H,23,24)/t17-/m1/s1. The first-order chi connectivity index (χ1) is 12.6. The van der Waals surface area contributed by atoms with Gasteiger partial charge in [-0.15, -0.1) is 0 Å². The van der Waals surface area contributed by atoms with Crippen molar-refractivity contribution in [2.45, 2.75) is 24.8 Å². The largest absolute Gasteiger partial charge is 0.480 e. The van der Waals surface area contributed by atoms with Gasteiger partial charge in [-0.3, -0.25) is 9.10 Å². The van der Waals surface area contributed by atoms with Crippen molar-refractivity contribution < 1.29 is 23.1 Å². The van der Waals surface area contributed by atoms with Gasteiger partial charge < -0.3 is 10.4 Å². The number of carboxylic acids is 1. The number of hydrogen-bond donors (Lipinski definition) is 2. The molecule has 0 heterocycles. The monoisotopic (exact) mass is 390 g/mol. The van der Waals surface area contributed by atoms with E-state index in [0.29, 0.717) is 5.69 Å². The smallest absolute Gasteiger partial charge is 0.326 e. The van der Waals surface area contributed by atoms with E-state index in [1.165, 1.54) is 31.3 Å². The summed E-state index contributed by atoms with van der Waals surface area (Å²) in [5.74, 6) is -1.98. The number of rotatable bonds is 7. The van der Waals surface area contributed by atoms with Crippen LogP contribution in [0.2, 0.25) is 0 Å². The summed E-state index contributed by atoms with van der Waals surface area (Å²) in [5, 5.41) is 11.6. The molecular formula is C19H22N2O5S. The minimum absolute atomic E-state index is 0.0315. The van der Waals surface area contributed by atoms with Crippen molar-refractivity contribution in [3.8, 4) is 0 Å². The van der Waals surface area contributed by atoms with Gasteiger partial charge in [0, 0.05) is 12.6 Å². The first kappa shape index (κ1) is 20.4. The lowest BCUT2D eigenvalue weighted by Gasteiger charge is -2.20. The van der Waals surface area contributed by atoms with Gasteiger partial charge in [0.1, 0.15) is 6.04 Å². The molecule has 1 amide bonds. The summed E-state index contributed by atoms with van der Waals surface area (Å²) in [7, 11) is -2.33. The molecule has 0 aromatic heterocycles. The Balaban J connectivity index is 2.21. The molecule has 0 saturated heterocycles. The number of nitrogens with one attached hydrogen (secondary N) is 1. The summed E-state index contributed by atoms with van der Waals surface area (Å²) < 4.78 is 26.6. The van der Waals surface area contributed by atoms with Crippen LogP contribution in [0.15, 0.2) is 59.5 Å². The van der Waals surface area contributed by atoms with E-state index in [0.717, 1.165) is 4.31 Å². The number of carboxylic acid groups (broad SMARTS) is 1. The van der Waals surface area contributed by atoms with Crippen LogP contribution < -0.4 is 9.62 Å². The number of hydrogen-bond acceptors (Lipinski definition) is 4. The number of carbonyl (C=O) groups is 2. The molecule has 0 aliphatic heterocycles. The number of benzene rings is 2. The SMILES string of the molecule is CC(C)[C@@H](NC(=O)c1ccc(S(=O)(=O)N(C)c2ccccc2)cc1)C(=O)O. The highest BCUT2D eigenvalue weighted by atomic mass is 32.2. The highest BCUT2D eigenvalue weighted by Gasteiger charge is 2.25. The fourth-order valence-electron chi connectivity index (χ4n) is 2.45. The molecule has 0 saturated carbocycles. The molecule has 1 atom stereocenters. The number of carbonyl (C=O) groups excluding carboxylic acids is 1. The molecule has 0 spiro atoms. The van der Waals surface area contributed by atoms with Crippen molar-refractivity contribution in [2.24, 2.45) is 5.92 Å². The van der Waals surface area contributed by atoms with Crippen molar-refractivity contribution in [3.05, 3.63) is 60.2 Å². The van der Waals surface area contributed by atoms with Gasteiger partial charge in [-0.05, 0) is 42.3 Å². The van der Waals surface area contributed by atoms with Crippen LogP contribution in [-0.2, 0) is 14.8 Å². The van der Waals surface area contributed by atoms with Crippen molar-refractivity contribution in [2.75, 3.05) is 11.4 Å². The molecule has 0 unspecified atom stereocenters. The third kappa shape index (κ3) is 4.65. The second kappa shape index (κ2) is 8.22. The van der Waals surface area contributed by atoms with Gasteiger partial charge in [0.15, 0.2) is 0 Å². The molecule has 144 valence electrons. The van der Waals surface area contributed by atoms with E-state index in [1.54, 1.807) is 44.2 Å². The zero-order valence-electron chi connectivity index (χ0n) is 15.3. The van der Waals surface area contributed by atoms with Gasteiger partial charge in [-0.1, -0.05) is 32.0 Å². The highest BCUT2D eigenvalue weighted by Crippen LogP contribution is 2.22. The van der Waals surface area contributed by atoms with Crippen molar-refractivity contribution in [1.29, 1.82) is 0 Å². The third-order valence-corrected chi connectivity index (χ3v) is 5.91. The number of aliphatic carboxylic acids is 1. The minimum atomic E-state index is -3.78. The summed E-state index contributed by atoms with van der Waals surface area (Å²) in [6.45, 7) is 3.38. The van der Waals surface area contributed by atoms with Gasteiger partial charge in [-0.25, -0.2) is 13.2 Å². The minimum Gasteiger partial charge on any atom is -0.480 e. The van der Waals surface area contributed by atoms with Crippen LogP contribution in [-0.4, -0.2) is 38.5 Å². The molecule has 8 heteroatoms. The predicted octanol–water partition coefficient (Wildman–Crippen LogP) is 2.35. The second-order valence-corrected chi connectivity index (χ2v) is 8.34. The Kier molecular flexibility index (Phi) is 6.22. The van der Waals surface area contributed by atoms with E-state index in [2.05, 4.69) is 5.32 Å². The summed E-state index contributed by atoms with van der Waals surface area (Å²) in [6, 6.07) is 13.0. The lowest BCUT2D eigenvalue weighted by Crippen LogP contribution is -2.44. The van der Waals surface area contributed by atoms with Gasteiger partial charge in [-0.2, -0.15) is 0 Å². The van der Waals surface area contributed by atoms with Crippen LogP contribution in [0.4, 0.5) is 5.69 Å².